The highest BCUT2D eigenvalue weighted by molar-refractivity contribution is 6.03. The van der Waals surface area contributed by atoms with Gasteiger partial charge in [-0.25, -0.2) is 0 Å². The molecule has 0 saturated carbocycles. The lowest BCUT2D eigenvalue weighted by Gasteiger charge is -2.13. The zero-order valence-corrected chi connectivity index (χ0v) is 14.0. The van der Waals surface area contributed by atoms with Crippen molar-refractivity contribution in [3.8, 4) is 5.75 Å². The van der Waals surface area contributed by atoms with Crippen molar-refractivity contribution >= 4 is 11.6 Å². The molecule has 0 unspecified atom stereocenters. The minimum atomic E-state index is -0.209. The molecule has 124 valence electrons. The molecule has 2 aromatic rings. The normalized spacial score (nSPS) is 11.3. The van der Waals surface area contributed by atoms with E-state index in [1.54, 1.807) is 36.0 Å². The monoisotopic (exact) mass is 317 g/mol. The number of nitrogens with one attached hydrogen (secondary N) is 1. The molecule has 0 fully saturated rings. The Bertz CT molecular complexity index is 669. The van der Waals surface area contributed by atoms with Crippen molar-refractivity contribution in [2.24, 2.45) is 7.05 Å². The van der Waals surface area contributed by atoms with Crippen molar-refractivity contribution < 1.29 is 14.6 Å². The number of carbonyl (C=O) groups is 1. The van der Waals surface area contributed by atoms with Crippen molar-refractivity contribution in [1.82, 2.24) is 9.78 Å². The van der Waals surface area contributed by atoms with E-state index < -0.39 is 0 Å². The number of aliphatic hydroxyl groups excluding tert-OH is 1. The fourth-order valence-corrected chi connectivity index (χ4v) is 2.04. The third kappa shape index (κ3) is 4.32. The van der Waals surface area contributed by atoms with Crippen molar-refractivity contribution in [1.29, 1.82) is 0 Å². The molecule has 1 aromatic heterocycles. The van der Waals surface area contributed by atoms with Gasteiger partial charge in [0.25, 0.3) is 5.91 Å². The van der Waals surface area contributed by atoms with Crippen LogP contribution in [-0.4, -0.2) is 34.0 Å². The number of aliphatic hydroxyl groups is 1. The van der Waals surface area contributed by atoms with Gasteiger partial charge in [0.15, 0.2) is 0 Å². The summed E-state index contributed by atoms with van der Waals surface area (Å²) < 4.78 is 6.87. The molecule has 0 bridgehead atoms. The molecule has 1 amide bonds. The Balaban J connectivity index is 2.08. The molecule has 6 nitrogen and oxygen atoms in total. The summed E-state index contributed by atoms with van der Waals surface area (Å²) in [6.45, 7) is 6.39. The molecule has 0 aliphatic rings. The highest BCUT2D eigenvalue weighted by Crippen LogP contribution is 2.22. The van der Waals surface area contributed by atoms with Gasteiger partial charge in [-0.15, -0.1) is 0 Å². The van der Waals surface area contributed by atoms with Crippen LogP contribution in [0.25, 0.3) is 0 Å². The smallest absolute Gasteiger partial charge is 0.273 e. The second kappa shape index (κ2) is 6.83. The first-order valence-corrected chi connectivity index (χ1v) is 7.51. The Hall–Kier alpha value is -2.34. The van der Waals surface area contributed by atoms with E-state index in [0.717, 1.165) is 5.69 Å². The second-order valence-electron chi connectivity index (χ2n) is 6.34. The van der Waals surface area contributed by atoms with E-state index in [9.17, 15) is 4.79 Å². The number of aryl methyl sites for hydroxylation is 1. The van der Waals surface area contributed by atoms with Crippen molar-refractivity contribution in [2.75, 3.05) is 18.5 Å². The maximum atomic E-state index is 12.4. The molecule has 0 spiro atoms. The van der Waals surface area contributed by atoms with Gasteiger partial charge in [-0.05, 0) is 30.3 Å². The zero-order valence-electron chi connectivity index (χ0n) is 14.0. The van der Waals surface area contributed by atoms with Crippen LogP contribution in [-0.2, 0) is 12.5 Å². The van der Waals surface area contributed by atoms with E-state index in [1.807, 2.05) is 6.07 Å². The molecule has 1 heterocycles. The summed E-state index contributed by atoms with van der Waals surface area (Å²) in [6.07, 6.45) is 0. The summed E-state index contributed by atoms with van der Waals surface area (Å²) in [4.78, 5) is 12.4. The van der Waals surface area contributed by atoms with Gasteiger partial charge in [0, 0.05) is 18.2 Å². The second-order valence-corrected chi connectivity index (χ2v) is 6.34. The molecule has 23 heavy (non-hydrogen) atoms. The van der Waals surface area contributed by atoms with Gasteiger partial charge in [0.1, 0.15) is 18.1 Å². The lowest BCUT2D eigenvalue weighted by atomic mass is 9.92. The third-order valence-corrected chi connectivity index (χ3v) is 3.35. The van der Waals surface area contributed by atoms with E-state index in [2.05, 4.69) is 31.2 Å². The summed E-state index contributed by atoms with van der Waals surface area (Å²) in [5, 5.41) is 16.0. The zero-order chi connectivity index (χ0) is 17.0. The Morgan fingerprint density at radius 3 is 2.48 bits per heavy atom. The fraction of sp³-hybridized carbons (Fsp3) is 0.412. The standard InChI is InChI=1S/C17H23N3O3/c1-17(2,3)15-11-14(20(4)19-15)16(22)18-12-5-7-13(8-6-12)23-10-9-21/h5-8,11,21H,9-10H2,1-4H3,(H,18,22). The van der Waals surface area contributed by atoms with Crippen LogP contribution < -0.4 is 10.1 Å². The van der Waals surface area contributed by atoms with E-state index in [0.29, 0.717) is 17.1 Å². The maximum absolute atomic E-state index is 12.4. The minimum absolute atomic E-state index is 0.0327. The van der Waals surface area contributed by atoms with Crippen LogP contribution in [0.15, 0.2) is 30.3 Å². The number of hydrogen-bond acceptors (Lipinski definition) is 4. The van der Waals surface area contributed by atoms with Gasteiger partial charge in [-0.3, -0.25) is 9.48 Å². The first-order valence-electron chi connectivity index (χ1n) is 7.51. The number of rotatable bonds is 5. The summed E-state index contributed by atoms with van der Waals surface area (Å²) >= 11 is 0. The van der Waals surface area contributed by atoms with Gasteiger partial charge < -0.3 is 15.2 Å². The highest BCUT2D eigenvalue weighted by atomic mass is 16.5. The van der Waals surface area contributed by atoms with Crippen molar-refractivity contribution in [3.05, 3.63) is 41.7 Å². The molecule has 0 aliphatic carbocycles. The molecular formula is C17H23N3O3. The molecule has 2 N–H and O–H groups in total. The highest BCUT2D eigenvalue weighted by Gasteiger charge is 2.21. The summed E-state index contributed by atoms with van der Waals surface area (Å²) in [7, 11) is 1.76. The van der Waals surface area contributed by atoms with E-state index in [1.165, 1.54) is 0 Å². The molecule has 2 rings (SSSR count). The van der Waals surface area contributed by atoms with Crippen LogP contribution >= 0.6 is 0 Å². The SMILES string of the molecule is Cn1nc(C(C)(C)C)cc1C(=O)Nc1ccc(OCCO)cc1. The van der Waals surface area contributed by atoms with Crippen LogP contribution in [0.1, 0.15) is 37.0 Å². The number of benzene rings is 1. The largest absolute Gasteiger partial charge is 0.491 e. The Labute approximate surface area is 136 Å². The topological polar surface area (TPSA) is 76.4 Å². The van der Waals surface area contributed by atoms with Crippen LogP contribution in [0, 0.1) is 0 Å². The maximum Gasteiger partial charge on any atom is 0.273 e. The number of ether oxygens (including phenoxy) is 1. The molecular weight excluding hydrogens is 294 g/mol. The summed E-state index contributed by atoms with van der Waals surface area (Å²) in [5.74, 6) is 0.437. The molecule has 0 atom stereocenters. The number of nitrogens with zero attached hydrogens (tertiary/aromatic N) is 2. The Morgan fingerprint density at radius 2 is 1.96 bits per heavy atom. The first-order chi connectivity index (χ1) is 10.8. The molecule has 0 radical (unpaired) electrons. The van der Waals surface area contributed by atoms with Crippen LogP contribution in [0.4, 0.5) is 5.69 Å². The first kappa shape index (κ1) is 17.0. The number of aromatic nitrogens is 2. The minimum Gasteiger partial charge on any atom is -0.491 e. The molecule has 6 heteroatoms. The number of anilines is 1. The summed E-state index contributed by atoms with van der Waals surface area (Å²) in [6, 6.07) is 8.82. The lowest BCUT2D eigenvalue weighted by molar-refractivity contribution is 0.101. The lowest BCUT2D eigenvalue weighted by Crippen LogP contribution is -2.16. The Morgan fingerprint density at radius 1 is 1.30 bits per heavy atom. The Kier molecular flexibility index (Phi) is 5.05. The van der Waals surface area contributed by atoms with Crippen molar-refractivity contribution in [2.45, 2.75) is 26.2 Å². The van der Waals surface area contributed by atoms with E-state index >= 15 is 0 Å². The van der Waals surface area contributed by atoms with Crippen molar-refractivity contribution in [3.63, 3.8) is 0 Å². The van der Waals surface area contributed by atoms with Gasteiger partial charge in [0.05, 0.1) is 12.3 Å². The average molecular weight is 317 g/mol. The average Bonchev–Trinajstić information content (AvgIpc) is 2.89. The molecule has 0 aliphatic heterocycles. The molecule has 0 saturated heterocycles. The van der Waals surface area contributed by atoms with Gasteiger partial charge in [0.2, 0.25) is 0 Å². The fourth-order valence-electron chi connectivity index (χ4n) is 2.04. The predicted octanol–water partition coefficient (Wildman–Crippen LogP) is 2.34. The van der Waals surface area contributed by atoms with Gasteiger partial charge >= 0.3 is 0 Å². The van der Waals surface area contributed by atoms with E-state index in [-0.39, 0.29) is 24.5 Å². The number of amides is 1. The van der Waals surface area contributed by atoms with Gasteiger partial charge in [-0.1, -0.05) is 20.8 Å². The van der Waals surface area contributed by atoms with Gasteiger partial charge in [-0.2, -0.15) is 5.10 Å². The third-order valence-electron chi connectivity index (χ3n) is 3.35. The number of hydrogen-bond donors (Lipinski definition) is 2. The number of carbonyl (C=O) groups excluding carboxylic acids is 1. The molecule has 1 aromatic carbocycles. The van der Waals surface area contributed by atoms with E-state index in [4.69, 9.17) is 9.84 Å². The van der Waals surface area contributed by atoms with Crippen LogP contribution in [0.3, 0.4) is 0 Å². The van der Waals surface area contributed by atoms with Crippen LogP contribution in [0.2, 0.25) is 0 Å². The van der Waals surface area contributed by atoms with Crippen LogP contribution in [0.5, 0.6) is 5.75 Å². The summed E-state index contributed by atoms with van der Waals surface area (Å²) in [5.41, 5.74) is 1.94. The predicted molar refractivity (Wildman–Crippen MR) is 88.9 cm³/mol. The quantitative estimate of drug-likeness (QED) is 0.887.